The van der Waals surface area contributed by atoms with E-state index in [-0.39, 0.29) is 0 Å². The SMILES string of the molecule is CCCNCCc1nnc(CCOCC)o1. The van der Waals surface area contributed by atoms with Crippen molar-refractivity contribution in [2.75, 3.05) is 26.3 Å². The first-order valence-corrected chi connectivity index (χ1v) is 5.96. The molecule has 0 aliphatic rings. The minimum atomic E-state index is 0.645. The molecule has 0 radical (unpaired) electrons. The van der Waals surface area contributed by atoms with Crippen LogP contribution in [0.4, 0.5) is 0 Å². The maximum Gasteiger partial charge on any atom is 0.218 e. The van der Waals surface area contributed by atoms with Gasteiger partial charge in [0.1, 0.15) is 0 Å². The van der Waals surface area contributed by atoms with Crippen LogP contribution in [0.1, 0.15) is 32.0 Å². The van der Waals surface area contributed by atoms with Crippen molar-refractivity contribution in [1.29, 1.82) is 0 Å². The molecule has 0 bridgehead atoms. The first-order valence-electron chi connectivity index (χ1n) is 5.96. The first-order chi connectivity index (χ1) is 7.86. The Morgan fingerprint density at radius 3 is 2.56 bits per heavy atom. The van der Waals surface area contributed by atoms with Gasteiger partial charge in [0.05, 0.1) is 6.61 Å². The van der Waals surface area contributed by atoms with E-state index in [1.165, 1.54) is 0 Å². The van der Waals surface area contributed by atoms with Crippen LogP contribution < -0.4 is 5.32 Å². The van der Waals surface area contributed by atoms with Gasteiger partial charge in [-0.1, -0.05) is 6.92 Å². The van der Waals surface area contributed by atoms with Crippen molar-refractivity contribution in [3.05, 3.63) is 11.8 Å². The lowest BCUT2D eigenvalue weighted by molar-refractivity contribution is 0.145. The molecule has 1 heterocycles. The van der Waals surface area contributed by atoms with E-state index in [1.54, 1.807) is 0 Å². The predicted octanol–water partition coefficient (Wildman–Crippen LogP) is 1.19. The number of nitrogens with zero attached hydrogens (tertiary/aromatic N) is 2. The number of aromatic nitrogens is 2. The number of rotatable bonds is 9. The summed E-state index contributed by atoms with van der Waals surface area (Å²) in [5.74, 6) is 1.37. The Hall–Kier alpha value is -0.940. The second kappa shape index (κ2) is 8.24. The molecule has 0 spiro atoms. The summed E-state index contributed by atoms with van der Waals surface area (Å²) in [6.45, 7) is 7.41. The molecule has 0 saturated heterocycles. The highest BCUT2D eigenvalue weighted by atomic mass is 16.5. The Balaban J connectivity index is 2.17. The van der Waals surface area contributed by atoms with Gasteiger partial charge in [-0.2, -0.15) is 0 Å². The minimum absolute atomic E-state index is 0.645. The Labute approximate surface area is 96.6 Å². The summed E-state index contributed by atoms with van der Waals surface area (Å²) >= 11 is 0. The molecule has 0 aromatic carbocycles. The molecule has 92 valence electrons. The van der Waals surface area contributed by atoms with Crippen LogP contribution in [0.3, 0.4) is 0 Å². The van der Waals surface area contributed by atoms with E-state index in [4.69, 9.17) is 9.15 Å². The fourth-order valence-corrected chi connectivity index (χ4v) is 1.29. The topological polar surface area (TPSA) is 60.2 Å². The van der Waals surface area contributed by atoms with Crippen LogP contribution in [0.2, 0.25) is 0 Å². The van der Waals surface area contributed by atoms with Gasteiger partial charge in [-0.25, -0.2) is 0 Å². The molecule has 0 aliphatic carbocycles. The Kier molecular flexibility index (Phi) is 6.76. The minimum Gasteiger partial charge on any atom is -0.425 e. The molecule has 5 nitrogen and oxygen atoms in total. The molecule has 0 saturated carbocycles. The van der Waals surface area contributed by atoms with Gasteiger partial charge < -0.3 is 14.5 Å². The first kappa shape index (κ1) is 13.1. The zero-order chi connectivity index (χ0) is 11.6. The number of nitrogens with one attached hydrogen (secondary N) is 1. The maximum atomic E-state index is 5.47. The average molecular weight is 227 g/mol. The van der Waals surface area contributed by atoms with Gasteiger partial charge in [0.25, 0.3) is 0 Å². The van der Waals surface area contributed by atoms with E-state index in [0.717, 1.165) is 32.5 Å². The van der Waals surface area contributed by atoms with E-state index in [1.807, 2.05) is 6.92 Å². The molecule has 16 heavy (non-hydrogen) atoms. The molecule has 0 aliphatic heterocycles. The average Bonchev–Trinajstić information content (AvgIpc) is 2.73. The van der Waals surface area contributed by atoms with Crippen molar-refractivity contribution < 1.29 is 9.15 Å². The molecule has 1 aromatic rings. The predicted molar refractivity (Wildman–Crippen MR) is 61.4 cm³/mol. The highest BCUT2D eigenvalue weighted by Crippen LogP contribution is 2.01. The molecule has 0 unspecified atom stereocenters. The lowest BCUT2D eigenvalue weighted by Gasteiger charge is -1.98. The van der Waals surface area contributed by atoms with E-state index in [2.05, 4.69) is 22.4 Å². The molecule has 0 fully saturated rings. The van der Waals surface area contributed by atoms with Crippen LogP contribution in [-0.4, -0.2) is 36.5 Å². The van der Waals surface area contributed by atoms with E-state index in [9.17, 15) is 0 Å². The smallest absolute Gasteiger partial charge is 0.218 e. The highest BCUT2D eigenvalue weighted by Gasteiger charge is 2.05. The third-order valence-corrected chi connectivity index (χ3v) is 2.12. The van der Waals surface area contributed by atoms with Gasteiger partial charge in [-0.05, 0) is 19.9 Å². The molecule has 5 heteroatoms. The van der Waals surface area contributed by atoms with Gasteiger partial charge in [-0.3, -0.25) is 0 Å². The van der Waals surface area contributed by atoms with E-state index >= 15 is 0 Å². The summed E-state index contributed by atoms with van der Waals surface area (Å²) in [7, 11) is 0. The van der Waals surface area contributed by atoms with Crippen molar-refractivity contribution in [3.8, 4) is 0 Å². The van der Waals surface area contributed by atoms with Crippen molar-refractivity contribution in [1.82, 2.24) is 15.5 Å². The monoisotopic (exact) mass is 227 g/mol. The largest absolute Gasteiger partial charge is 0.425 e. The fraction of sp³-hybridized carbons (Fsp3) is 0.818. The van der Waals surface area contributed by atoms with Crippen LogP contribution in [0.25, 0.3) is 0 Å². The number of hydrogen-bond donors (Lipinski definition) is 1. The van der Waals surface area contributed by atoms with Crippen LogP contribution in [0.5, 0.6) is 0 Å². The standard InChI is InChI=1S/C11H21N3O2/c1-3-7-12-8-5-10-13-14-11(16-10)6-9-15-4-2/h12H,3-9H2,1-2H3. The van der Waals surface area contributed by atoms with Crippen molar-refractivity contribution in [2.45, 2.75) is 33.1 Å². The molecule has 1 aromatic heterocycles. The summed E-state index contributed by atoms with van der Waals surface area (Å²) in [6, 6.07) is 0. The molecular weight excluding hydrogens is 206 g/mol. The molecule has 0 amide bonds. The Morgan fingerprint density at radius 1 is 1.12 bits per heavy atom. The molecule has 1 N–H and O–H groups in total. The third kappa shape index (κ3) is 5.23. The molecule has 1 rings (SSSR count). The highest BCUT2D eigenvalue weighted by molar-refractivity contribution is 4.82. The van der Waals surface area contributed by atoms with Crippen molar-refractivity contribution in [2.24, 2.45) is 0 Å². The maximum absolute atomic E-state index is 5.47. The van der Waals surface area contributed by atoms with Gasteiger partial charge >= 0.3 is 0 Å². The second-order valence-electron chi connectivity index (χ2n) is 3.54. The normalized spacial score (nSPS) is 10.9. The lowest BCUT2D eigenvalue weighted by Crippen LogP contribution is -2.17. The van der Waals surface area contributed by atoms with Gasteiger partial charge in [-0.15, -0.1) is 10.2 Å². The van der Waals surface area contributed by atoms with Crippen LogP contribution in [-0.2, 0) is 17.6 Å². The second-order valence-corrected chi connectivity index (χ2v) is 3.54. The van der Waals surface area contributed by atoms with Crippen LogP contribution >= 0.6 is 0 Å². The van der Waals surface area contributed by atoms with Crippen LogP contribution in [0, 0.1) is 0 Å². The van der Waals surface area contributed by atoms with Crippen LogP contribution in [0.15, 0.2) is 4.42 Å². The summed E-state index contributed by atoms with van der Waals surface area (Å²) in [6.07, 6.45) is 2.63. The molecule has 0 atom stereocenters. The van der Waals surface area contributed by atoms with Gasteiger partial charge in [0.2, 0.25) is 11.8 Å². The van der Waals surface area contributed by atoms with E-state index < -0.39 is 0 Å². The number of ether oxygens (including phenoxy) is 1. The summed E-state index contributed by atoms with van der Waals surface area (Å²) in [5.41, 5.74) is 0. The fourth-order valence-electron chi connectivity index (χ4n) is 1.29. The Morgan fingerprint density at radius 2 is 1.88 bits per heavy atom. The summed E-state index contributed by atoms with van der Waals surface area (Å²) in [5, 5.41) is 11.2. The van der Waals surface area contributed by atoms with Gasteiger partial charge in [0.15, 0.2) is 0 Å². The summed E-state index contributed by atoms with van der Waals surface area (Å²) in [4.78, 5) is 0. The molecular formula is C11H21N3O2. The zero-order valence-electron chi connectivity index (χ0n) is 10.2. The lowest BCUT2D eigenvalue weighted by atomic mass is 10.4. The number of hydrogen-bond acceptors (Lipinski definition) is 5. The Bertz CT molecular complexity index is 276. The summed E-state index contributed by atoms with van der Waals surface area (Å²) < 4.78 is 10.7. The third-order valence-electron chi connectivity index (χ3n) is 2.12. The van der Waals surface area contributed by atoms with Gasteiger partial charge in [0, 0.05) is 26.0 Å². The quantitative estimate of drug-likeness (QED) is 0.642. The zero-order valence-corrected chi connectivity index (χ0v) is 10.2. The van der Waals surface area contributed by atoms with Crippen molar-refractivity contribution in [3.63, 3.8) is 0 Å². The van der Waals surface area contributed by atoms with E-state index in [0.29, 0.717) is 24.8 Å². The van der Waals surface area contributed by atoms with Crippen molar-refractivity contribution >= 4 is 0 Å².